The average Bonchev–Trinajstić information content (AvgIpc) is 3.32. The van der Waals surface area contributed by atoms with Crippen molar-refractivity contribution in [2.75, 3.05) is 14.2 Å². The Morgan fingerprint density at radius 1 is 1.16 bits per heavy atom. The van der Waals surface area contributed by atoms with Crippen LogP contribution in [0, 0.1) is 5.92 Å². The third-order valence-corrected chi connectivity index (χ3v) is 7.10. The Morgan fingerprint density at radius 3 is 2.61 bits per heavy atom. The number of hydrogen-bond donors (Lipinski definition) is 1. The van der Waals surface area contributed by atoms with Gasteiger partial charge in [0.2, 0.25) is 0 Å². The SMILES string of the molecule is CNC(=O)c1ccc(-c2cn3c(n2)sc2cc(C(=O)CC4CC(OC)C4)ccc23)cc1. The number of carbonyl (C=O) groups is 2. The number of benzene rings is 2. The van der Waals surface area contributed by atoms with Gasteiger partial charge in [-0.3, -0.25) is 14.0 Å². The Kier molecular flexibility index (Phi) is 5.08. The number of ether oxygens (including phenoxy) is 1. The molecule has 1 fully saturated rings. The minimum Gasteiger partial charge on any atom is -0.381 e. The molecule has 0 saturated heterocycles. The van der Waals surface area contributed by atoms with Gasteiger partial charge in [0.15, 0.2) is 10.7 Å². The van der Waals surface area contributed by atoms with Gasteiger partial charge in [-0.25, -0.2) is 4.98 Å². The summed E-state index contributed by atoms with van der Waals surface area (Å²) in [6.45, 7) is 0. The number of rotatable bonds is 6. The number of nitrogens with zero attached hydrogens (tertiary/aromatic N) is 2. The van der Waals surface area contributed by atoms with E-state index in [-0.39, 0.29) is 11.7 Å². The molecule has 31 heavy (non-hydrogen) atoms. The highest BCUT2D eigenvalue weighted by Crippen LogP contribution is 2.34. The number of Topliss-reactive ketones (excluding diaryl/α,β-unsaturated/α-hetero) is 1. The molecule has 1 amide bonds. The van der Waals surface area contributed by atoms with Gasteiger partial charge in [-0.1, -0.05) is 23.5 Å². The molecule has 0 spiro atoms. The number of thiazole rings is 1. The van der Waals surface area contributed by atoms with Crippen LogP contribution >= 0.6 is 11.3 Å². The lowest BCUT2D eigenvalue weighted by Crippen LogP contribution is -2.31. The molecule has 7 heteroatoms. The quantitative estimate of drug-likeness (QED) is 0.452. The molecular formula is C24H23N3O3S. The molecule has 0 radical (unpaired) electrons. The second-order valence-corrected chi connectivity index (χ2v) is 9.05. The van der Waals surface area contributed by atoms with E-state index in [0.717, 1.165) is 44.8 Å². The van der Waals surface area contributed by atoms with Crippen molar-refractivity contribution in [1.29, 1.82) is 0 Å². The summed E-state index contributed by atoms with van der Waals surface area (Å²) in [6, 6.07) is 13.3. The van der Waals surface area contributed by atoms with E-state index >= 15 is 0 Å². The maximum Gasteiger partial charge on any atom is 0.251 e. The lowest BCUT2D eigenvalue weighted by molar-refractivity contribution is -0.0000176. The van der Waals surface area contributed by atoms with Gasteiger partial charge in [0, 0.05) is 43.5 Å². The van der Waals surface area contributed by atoms with Crippen molar-refractivity contribution in [3.8, 4) is 11.3 Å². The van der Waals surface area contributed by atoms with E-state index in [2.05, 4.69) is 9.72 Å². The molecule has 158 valence electrons. The zero-order valence-electron chi connectivity index (χ0n) is 17.4. The van der Waals surface area contributed by atoms with E-state index in [1.807, 2.05) is 36.5 Å². The van der Waals surface area contributed by atoms with Gasteiger partial charge in [-0.05, 0) is 49.1 Å². The first-order valence-corrected chi connectivity index (χ1v) is 11.2. The molecule has 0 unspecified atom stereocenters. The number of fused-ring (bicyclic) bond motifs is 3. The van der Waals surface area contributed by atoms with Crippen LogP contribution in [0.25, 0.3) is 26.4 Å². The second kappa shape index (κ2) is 7.90. The Labute approximate surface area is 183 Å². The fraction of sp³-hybridized carbons (Fsp3) is 0.292. The maximum atomic E-state index is 12.7. The van der Waals surface area contributed by atoms with Crippen LogP contribution in [0.15, 0.2) is 48.7 Å². The van der Waals surface area contributed by atoms with Crippen LogP contribution in [0.5, 0.6) is 0 Å². The summed E-state index contributed by atoms with van der Waals surface area (Å²) in [5, 5.41) is 2.63. The molecule has 4 aromatic rings. The van der Waals surface area contributed by atoms with Crippen molar-refractivity contribution in [3.63, 3.8) is 0 Å². The average molecular weight is 434 g/mol. The summed E-state index contributed by atoms with van der Waals surface area (Å²) in [6.07, 6.45) is 4.86. The predicted octanol–water partition coefficient (Wildman–Crippen LogP) is 4.57. The molecule has 2 heterocycles. The Balaban J connectivity index is 1.38. The molecule has 1 aliphatic carbocycles. The largest absolute Gasteiger partial charge is 0.381 e. The fourth-order valence-electron chi connectivity index (χ4n) is 4.16. The van der Waals surface area contributed by atoms with Crippen molar-refractivity contribution >= 4 is 38.2 Å². The second-order valence-electron chi connectivity index (χ2n) is 8.04. The summed E-state index contributed by atoms with van der Waals surface area (Å²) < 4.78 is 8.43. The zero-order valence-corrected chi connectivity index (χ0v) is 18.2. The van der Waals surface area contributed by atoms with Crippen LogP contribution in [0.3, 0.4) is 0 Å². The van der Waals surface area contributed by atoms with Crippen molar-refractivity contribution in [3.05, 3.63) is 59.8 Å². The summed E-state index contributed by atoms with van der Waals surface area (Å²) in [5.74, 6) is 0.528. The number of nitrogens with one attached hydrogen (secondary N) is 1. The number of ketones is 1. The predicted molar refractivity (Wildman–Crippen MR) is 122 cm³/mol. The Bertz CT molecular complexity index is 1280. The van der Waals surface area contributed by atoms with E-state index < -0.39 is 0 Å². The number of carbonyl (C=O) groups excluding carboxylic acids is 2. The van der Waals surface area contributed by atoms with Crippen LogP contribution in [-0.2, 0) is 4.74 Å². The van der Waals surface area contributed by atoms with Gasteiger partial charge in [-0.15, -0.1) is 0 Å². The van der Waals surface area contributed by atoms with E-state index in [9.17, 15) is 9.59 Å². The minimum absolute atomic E-state index is 0.107. The molecular weight excluding hydrogens is 410 g/mol. The van der Waals surface area contributed by atoms with Crippen LogP contribution in [0.4, 0.5) is 0 Å². The highest BCUT2D eigenvalue weighted by Gasteiger charge is 2.30. The Morgan fingerprint density at radius 2 is 1.90 bits per heavy atom. The number of methoxy groups -OCH3 is 1. The lowest BCUT2D eigenvalue weighted by atomic mass is 9.78. The third-order valence-electron chi connectivity index (χ3n) is 6.09. The number of imidazole rings is 1. The van der Waals surface area contributed by atoms with Crippen LogP contribution in [0.1, 0.15) is 40.0 Å². The van der Waals surface area contributed by atoms with Gasteiger partial charge in [0.25, 0.3) is 5.91 Å². The van der Waals surface area contributed by atoms with Crippen molar-refractivity contribution in [2.24, 2.45) is 5.92 Å². The van der Waals surface area contributed by atoms with Crippen LogP contribution < -0.4 is 5.32 Å². The smallest absolute Gasteiger partial charge is 0.251 e. The van der Waals surface area contributed by atoms with Crippen molar-refractivity contribution in [1.82, 2.24) is 14.7 Å². The lowest BCUT2D eigenvalue weighted by Gasteiger charge is -2.33. The molecule has 1 N–H and O–H groups in total. The summed E-state index contributed by atoms with van der Waals surface area (Å²) in [4.78, 5) is 30.1. The number of hydrogen-bond acceptors (Lipinski definition) is 5. The van der Waals surface area contributed by atoms with Gasteiger partial charge < -0.3 is 10.1 Å². The topological polar surface area (TPSA) is 72.7 Å². The highest BCUT2D eigenvalue weighted by atomic mass is 32.1. The van der Waals surface area contributed by atoms with Crippen LogP contribution in [-0.4, -0.2) is 41.3 Å². The molecule has 0 atom stereocenters. The first kappa shape index (κ1) is 19.9. The standard InChI is InChI=1S/C24H23N3O3S/c1-25-23(29)16-5-3-15(4-6-16)19-13-27-20-8-7-17(12-22(20)31-24(27)26-19)21(28)11-14-9-18(10-14)30-2/h3-8,12-14,18H,9-11H2,1-2H3,(H,25,29). The first-order chi connectivity index (χ1) is 15.1. The van der Waals surface area contributed by atoms with E-state index in [1.54, 1.807) is 37.6 Å². The highest BCUT2D eigenvalue weighted by molar-refractivity contribution is 7.23. The molecule has 1 aliphatic rings. The van der Waals surface area contributed by atoms with E-state index in [1.165, 1.54) is 0 Å². The molecule has 0 bridgehead atoms. The summed E-state index contributed by atoms with van der Waals surface area (Å²) in [5.41, 5.74) is 4.24. The monoisotopic (exact) mass is 433 g/mol. The zero-order chi connectivity index (χ0) is 21.5. The van der Waals surface area contributed by atoms with E-state index in [4.69, 9.17) is 9.72 Å². The van der Waals surface area contributed by atoms with Gasteiger partial charge in [0.1, 0.15) is 0 Å². The van der Waals surface area contributed by atoms with Gasteiger partial charge in [0.05, 0.1) is 22.0 Å². The van der Waals surface area contributed by atoms with Gasteiger partial charge in [-0.2, -0.15) is 0 Å². The third kappa shape index (κ3) is 3.64. The number of amides is 1. The molecule has 0 aliphatic heterocycles. The normalized spacial score (nSPS) is 18.3. The molecule has 6 nitrogen and oxygen atoms in total. The first-order valence-electron chi connectivity index (χ1n) is 10.4. The molecule has 2 aromatic heterocycles. The Hall–Kier alpha value is -3.03. The summed E-state index contributed by atoms with van der Waals surface area (Å²) >= 11 is 1.58. The van der Waals surface area contributed by atoms with Crippen LogP contribution in [0.2, 0.25) is 0 Å². The van der Waals surface area contributed by atoms with Crippen molar-refractivity contribution in [2.45, 2.75) is 25.4 Å². The summed E-state index contributed by atoms with van der Waals surface area (Å²) in [7, 11) is 3.35. The van der Waals surface area contributed by atoms with Gasteiger partial charge >= 0.3 is 0 Å². The number of aromatic nitrogens is 2. The minimum atomic E-state index is -0.107. The molecule has 2 aromatic carbocycles. The fourth-order valence-corrected chi connectivity index (χ4v) is 5.21. The van der Waals surface area contributed by atoms with E-state index in [0.29, 0.717) is 24.0 Å². The maximum absolute atomic E-state index is 12.7. The van der Waals surface area contributed by atoms with Crippen molar-refractivity contribution < 1.29 is 14.3 Å². The molecule has 1 saturated carbocycles. The molecule has 5 rings (SSSR count).